The van der Waals surface area contributed by atoms with Gasteiger partial charge in [0.05, 0.1) is 23.0 Å². The first kappa shape index (κ1) is 43.2. The average molecular weight is 841 g/mol. The van der Waals surface area contributed by atoms with Crippen LogP contribution >= 0.6 is 0 Å². The second kappa shape index (κ2) is 16.5. The monoisotopic (exact) mass is 840 g/mol. The first-order chi connectivity index (χ1) is 28.4. The lowest BCUT2D eigenvalue weighted by Gasteiger charge is -2.42. The third-order valence-electron chi connectivity index (χ3n) is 12.7. The first-order valence-electron chi connectivity index (χ1n) is 21.2. The number of nitrogens with one attached hydrogen (secondary N) is 1. The fourth-order valence-electron chi connectivity index (χ4n) is 9.53. The third kappa shape index (κ3) is 8.15. The van der Waals surface area contributed by atoms with Gasteiger partial charge in [-0.25, -0.2) is 18.6 Å². The Hall–Kier alpha value is -4.87. The number of benzene rings is 2. The van der Waals surface area contributed by atoms with Crippen molar-refractivity contribution in [2.75, 3.05) is 43.8 Å². The van der Waals surface area contributed by atoms with Gasteiger partial charge < -0.3 is 29.2 Å². The molecule has 2 atom stereocenters. The molecule has 14 heteroatoms. The van der Waals surface area contributed by atoms with Crippen LogP contribution in [0.15, 0.2) is 30.5 Å². The van der Waals surface area contributed by atoms with Gasteiger partial charge in [-0.3, -0.25) is 9.88 Å². The number of aromatic nitrogens is 3. The van der Waals surface area contributed by atoms with Crippen LogP contribution in [0.1, 0.15) is 93.6 Å². The summed E-state index contributed by atoms with van der Waals surface area (Å²) in [6.45, 7) is 19.9. The van der Waals surface area contributed by atoms with Crippen LogP contribution in [-0.2, 0) is 14.3 Å². The highest BCUT2D eigenvalue weighted by Gasteiger charge is 2.46. The van der Waals surface area contributed by atoms with E-state index < -0.39 is 30.7 Å². The minimum atomic E-state index is -2.31. The van der Waals surface area contributed by atoms with E-state index in [9.17, 15) is 9.59 Å². The van der Waals surface area contributed by atoms with Crippen molar-refractivity contribution >= 4 is 53.9 Å². The maximum atomic E-state index is 17.6. The first-order valence-corrected chi connectivity index (χ1v) is 23.4. The number of ether oxygens (including phenoxy) is 3. The van der Waals surface area contributed by atoms with Gasteiger partial charge in [0.25, 0.3) is 0 Å². The molecule has 7 rings (SSSR count). The number of anilines is 2. The Morgan fingerprint density at radius 1 is 1.03 bits per heavy atom. The average Bonchev–Trinajstić information content (AvgIpc) is 3.92. The van der Waals surface area contributed by atoms with Crippen molar-refractivity contribution in [2.24, 2.45) is 5.41 Å². The smallest absolute Gasteiger partial charge is 0.410 e. The standard InChI is InChI=1S/C46H58F2N6O5Si/c1-27(2)60(28(3)4,29(5)6)18-15-34-37(47)14-11-30-19-33(58-26-57-10)20-35(38(30)34)40-39(48)41-36(21-49-40)42(52-43(51-41)50-24-46(25-55)16-17-46)53-22-31-12-13-32(23-53)54(31)44(56)59-45(7,8)9/h11,14,19-21,25,27-29,31-32H,12-13,16-17,22-24,26H2,1-10H3,(H,50,51,52). The maximum absolute atomic E-state index is 17.6. The van der Waals surface area contributed by atoms with Crippen molar-refractivity contribution in [3.05, 3.63) is 47.7 Å². The lowest BCUT2D eigenvalue weighted by molar-refractivity contribution is -0.111. The number of fused-ring (bicyclic) bond motifs is 4. The summed E-state index contributed by atoms with van der Waals surface area (Å²) in [6.07, 6.45) is 5.24. The molecule has 3 fully saturated rings. The minimum absolute atomic E-state index is 0.0108. The summed E-state index contributed by atoms with van der Waals surface area (Å²) in [5.41, 5.74) is 3.87. The Labute approximate surface area is 353 Å². The van der Waals surface area contributed by atoms with E-state index in [1.807, 2.05) is 25.7 Å². The van der Waals surface area contributed by atoms with Crippen molar-refractivity contribution < 1.29 is 32.6 Å². The normalized spacial score (nSPS) is 18.6. The van der Waals surface area contributed by atoms with Gasteiger partial charge in [-0.1, -0.05) is 53.5 Å². The topological polar surface area (TPSA) is 119 Å². The van der Waals surface area contributed by atoms with Gasteiger partial charge in [-0.05, 0) is 86.7 Å². The largest absolute Gasteiger partial charge is 0.468 e. The number of aldehydes is 1. The molecule has 4 heterocycles. The molecule has 1 aliphatic carbocycles. The van der Waals surface area contributed by atoms with Crippen molar-refractivity contribution in [2.45, 2.75) is 122 Å². The molecule has 4 aromatic rings. The predicted molar refractivity (Wildman–Crippen MR) is 234 cm³/mol. The summed E-state index contributed by atoms with van der Waals surface area (Å²) in [5.74, 6) is 3.10. The highest BCUT2D eigenvalue weighted by atomic mass is 28.3. The zero-order valence-electron chi connectivity index (χ0n) is 36.5. The summed E-state index contributed by atoms with van der Waals surface area (Å²) in [5, 5.41) is 4.63. The lowest BCUT2D eigenvalue weighted by atomic mass is 9.95. The number of hydrogen-bond acceptors (Lipinski definition) is 10. The number of piperazine rings is 1. The molecule has 2 aromatic carbocycles. The second-order valence-electron chi connectivity index (χ2n) is 18.8. The summed E-state index contributed by atoms with van der Waals surface area (Å²) in [7, 11) is -0.797. The number of hydrogen-bond donors (Lipinski definition) is 1. The van der Waals surface area contributed by atoms with Gasteiger partial charge in [-0.2, -0.15) is 4.98 Å². The van der Waals surface area contributed by atoms with Crippen LogP contribution in [0.4, 0.5) is 25.3 Å². The molecule has 2 saturated heterocycles. The number of carbonyl (C=O) groups excluding carboxylic acids is 2. The van der Waals surface area contributed by atoms with Gasteiger partial charge >= 0.3 is 6.09 Å². The van der Waals surface area contributed by atoms with Crippen molar-refractivity contribution in [3.8, 4) is 28.5 Å². The van der Waals surface area contributed by atoms with Gasteiger partial charge in [0.1, 0.15) is 48.6 Å². The summed E-state index contributed by atoms with van der Waals surface area (Å²) >= 11 is 0. The number of methoxy groups -OCH3 is 1. The van der Waals surface area contributed by atoms with Crippen LogP contribution < -0.4 is 15.0 Å². The molecular weight excluding hydrogens is 783 g/mol. The lowest BCUT2D eigenvalue weighted by Crippen LogP contribution is -2.57. The summed E-state index contributed by atoms with van der Waals surface area (Å²) < 4.78 is 50.8. The number of halogens is 2. The van der Waals surface area contributed by atoms with Crippen molar-refractivity contribution in [3.63, 3.8) is 0 Å². The van der Waals surface area contributed by atoms with Crippen LogP contribution in [0.3, 0.4) is 0 Å². The molecule has 0 radical (unpaired) electrons. The predicted octanol–water partition coefficient (Wildman–Crippen LogP) is 9.65. The molecule has 60 heavy (non-hydrogen) atoms. The number of nitrogens with zero attached hydrogens (tertiary/aromatic N) is 5. The SMILES string of the molecule is COCOc1cc(-c2ncc3c(N4CC5CCC(C4)N5C(=O)OC(C)(C)C)nc(NCC4(C=O)CC4)nc3c2F)c2c(C#C[Si](C(C)C)(C(C)C)C(C)C)c(F)ccc2c1. The number of pyridine rings is 1. The fraction of sp³-hybridized carbons (Fsp3) is 0.543. The number of rotatable bonds is 12. The van der Waals surface area contributed by atoms with Crippen LogP contribution in [0, 0.1) is 28.5 Å². The minimum Gasteiger partial charge on any atom is -0.468 e. The van der Waals surface area contributed by atoms with Gasteiger partial charge in [0.2, 0.25) is 5.95 Å². The molecule has 0 spiro atoms. The van der Waals surface area contributed by atoms with Gasteiger partial charge in [-0.15, -0.1) is 5.54 Å². The van der Waals surface area contributed by atoms with E-state index in [1.54, 1.807) is 24.4 Å². The van der Waals surface area contributed by atoms with Gasteiger partial charge in [0.15, 0.2) is 12.6 Å². The molecule has 320 valence electrons. The molecule has 1 saturated carbocycles. The van der Waals surface area contributed by atoms with E-state index in [0.717, 1.165) is 32.0 Å². The molecule has 11 nitrogen and oxygen atoms in total. The van der Waals surface area contributed by atoms with Crippen LogP contribution in [-0.4, -0.2) is 91.5 Å². The zero-order valence-corrected chi connectivity index (χ0v) is 37.5. The van der Waals surface area contributed by atoms with E-state index in [0.29, 0.717) is 69.5 Å². The highest BCUT2D eigenvalue weighted by molar-refractivity contribution is 6.90. The van der Waals surface area contributed by atoms with E-state index in [2.05, 4.69) is 63.2 Å². The molecule has 2 bridgehead atoms. The Kier molecular flexibility index (Phi) is 11.9. The van der Waals surface area contributed by atoms with Crippen LogP contribution in [0.2, 0.25) is 16.6 Å². The van der Waals surface area contributed by atoms with Crippen molar-refractivity contribution in [1.82, 2.24) is 19.9 Å². The Morgan fingerprint density at radius 2 is 1.70 bits per heavy atom. The molecule has 2 unspecified atom stereocenters. The highest BCUT2D eigenvalue weighted by Crippen LogP contribution is 2.45. The van der Waals surface area contributed by atoms with E-state index in [4.69, 9.17) is 29.2 Å². The molecule has 3 aliphatic rings. The van der Waals surface area contributed by atoms with Crippen LogP contribution in [0.5, 0.6) is 5.75 Å². The summed E-state index contributed by atoms with van der Waals surface area (Å²) in [4.78, 5) is 43.6. The Morgan fingerprint density at radius 3 is 2.28 bits per heavy atom. The number of carbonyl (C=O) groups is 2. The molecule has 1 N–H and O–H groups in total. The van der Waals surface area contributed by atoms with Crippen LogP contribution in [0.25, 0.3) is 32.9 Å². The quantitative estimate of drug-likeness (QED) is 0.0640. The van der Waals surface area contributed by atoms with Crippen molar-refractivity contribution in [1.29, 1.82) is 0 Å². The molecule has 2 aliphatic heterocycles. The Bertz CT molecular complexity index is 2330. The number of amides is 1. The Balaban J connectivity index is 1.40. The van der Waals surface area contributed by atoms with E-state index in [-0.39, 0.29) is 47.7 Å². The second-order valence-corrected chi connectivity index (χ2v) is 24.3. The van der Waals surface area contributed by atoms with Gasteiger partial charge in [0, 0.05) is 49.3 Å². The maximum Gasteiger partial charge on any atom is 0.410 e. The fourth-order valence-corrected chi connectivity index (χ4v) is 14.7. The molecule has 1 amide bonds. The molecular formula is C46H58F2N6O5Si. The zero-order chi connectivity index (χ0) is 43.3. The summed E-state index contributed by atoms with van der Waals surface area (Å²) in [6, 6.07) is 6.18. The molecule has 2 aromatic heterocycles. The van der Waals surface area contributed by atoms with E-state index in [1.165, 1.54) is 13.2 Å². The van der Waals surface area contributed by atoms with E-state index >= 15 is 8.78 Å². The third-order valence-corrected chi connectivity index (χ3v) is 19.0.